The van der Waals surface area contributed by atoms with Gasteiger partial charge >= 0.3 is 0 Å². The molecule has 0 bridgehead atoms. The molecule has 1 aromatic rings. The third-order valence-corrected chi connectivity index (χ3v) is 3.95. The van der Waals surface area contributed by atoms with Crippen LogP contribution in [0, 0.1) is 13.8 Å². The molecule has 3 N–H and O–H groups in total. The van der Waals surface area contributed by atoms with Gasteiger partial charge in [0, 0.05) is 11.4 Å². The lowest BCUT2D eigenvalue weighted by Gasteiger charge is -2.26. The summed E-state index contributed by atoms with van der Waals surface area (Å²) in [5.74, 6) is 0.505. The van der Waals surface area contributed by atoms with Crippen LogP contribution >= 0.6 is 11.8 Å². The molecule has 1 amide bonds. The van der Waals surface area contributed by atoms with Crippen molar-refractivity contribution in [3.8, 4) is 0 Å². The van der Waals surface area contributed by atoms with Gasteiger partial charge in [0.25, 0.3) is 0 Å². The number of likely N-dealkylation sites (N-methyl/N-ethyl adjacent to an activating group) is 1. The van der Waals surface area contributed by atoms with E-state index in [2.05, 4.69) is 29.4 Å². The highest BCUT2D eigenvalue weighted by atomic mass is 32.2. The largest absolute Gasteiger partial charge is 0.368 e. The number of amides is 1. The van der Waals surface area contributed by atoms with Crippen LogP contribution in [0.15, 0.2) is 17.2 Å². The number of carbonyl (C=O) groups excluding carboxylic acids is 1. The Kier molecular flexibility index (Phi) is 5.82. The van der Waals surface area contributed by atoms with E-state index in [1.165, 1.54) is 5.56 Å². The fourth-order valence-corrected chi connectivity index (χ4v) is 3.12. The number of aromatic nitrogens is 1. The number of pyridine rings is 1. The molecule has 0 spiro atoms. The molecule has 1 rings (SSSR count). The third kappa shape index (κ3) is 4.84. The Morgan fingerprint density at radius 1 is 1.47 bits per heavy atom. The first-order chi connectivity index (χ1) is 8.87. The molecule has 0 radical (unpaired) electrons. The van der Waals surface area contributed by atoms with Crippen molar-refractivity contribution in [3.63, 3.8) is 0 Å². The molecule has 0 saturated carbocycles. The predicted molar refractivity (Wildman–Crippen MR) is 80.3 cm³/mol. The monoisotopic (exact) mass is 281 g/mol. The average Bonchev–Trinajstić information content (AvgIpc) is 2.27. The molecule has 0 saturated heterocycles. The number of rotatable bonds is 7. The van der Waals surface area contributed by atoms with Gasteiger partial charge in [-0.1, -0.05) is 6.92 Å². The van der Waals surface area contributed by atoms with Crippen LogP contribution in [0.25, 0.3) is 0 Å². The van der Waals surface area contributed by atoms with E-state index < -0.39 is 5.54 Å². The zero-order valence-corrected chi connectivity index (χ0v) is 12.9. The van der Waals surface area contributed by atoms with Gasteiger partial charge in [-0.3, -0.25) is 4.79 Å². The number of nitrogens with one attached hydrogen (secondary N) is 1. The quantitative estimate of drug-likeness (QED) is 0.750. The molecule has 4 nitrogen and oxygen atoms in total. The molecule has 0 aliphatic heterocycles. The van der Waals surface area contributed by atoms with Crippen molar-refractivity contribution in [2.45, 2.75) is 44.7 Å². The molecule has 19 heavy (non-hydrogen) atoms. The second kappa shape index (κ2) is 6.91. The highest BCUT2D eigenvalue weighted by Gasteiger charge is 2.29. The predicted octanol–water partition coefficient (Wildman–Crippen LogP) is 2.03. The molecule has 0 fully saturated rings. The van der Waals surface area contributed by atoms with Crippen LogP contribution in [0.4, 0.5) is 0 Å². The molecule has 1 aromatic heterocycles. The van der Waals surface area contributed by atoms with E-state index in [-0.39, 0.29) is 5.91 Å². The van der Waals surface area contributed by atoms with Crippen LogP contribution in [0.5, 0.6) is 0 Å². The van der Waals surface area contributed by atoms with E-state index >= 15 is 0 Å². The second-order valence-corrected chi connectivity index (χ2v) is 6.06. The van der Waals surface area contributed by atoms with Gasteiger partial charge < -0.3 is 11.1 Å². The van der Waals surface area contributed by atoms with Crippen LogP contribution in [0.3, 0.4) is 0 Å². The van der Waals surface area contributed by atoms with Crippen molar-refractivity contribution in [1.82, 2.24) is 10.3 Å². The number of hydrogen-bond acceptors (Lipinski definition) is 4. The summed E-state index contributed by atoms with van der Waals surface area (Å²) in [4.78, 5) is 16.0. The smallest absolute Gasteiger partial charge is 0.237 e. The molecular weight excluding hydrogens is 258 g/mol. The Bertz CT molecular complexity index is 430. The zero-order chi connectivity index (χ0) is 14.5. The Labute approximate surface area is 119 Å². The molecular formula is C14H23N3OS. The number of aryl methyl sites for hydroxylation is 2. The zero-order valence-electron chi connectivity index (χ0n) is 12.1. The summed E-state index contributed by atoms with van der Waals surface area (Å²) in [6.45, 7) is 8.61. The normalized spacial score (nSPS) is 14.1. The minimum Gasteiger partial charge on any atom is -0.368 e. The highest BCUT2D eigenvalue weighted by molar-refractivity contribution is 7.99. The maximum absolute atomic E-state index is 11.5. The summed E-state index contributed by atoms with van der Waals surface area (Å²) in [5.41, 5.74) is 7.05. The van der Waals surface area contributed by atoms with Gasteiger partial charge in [-0.2, -0.15) is 0 Å². The SMILES string of the molecule is CCNC(C)(CCSc1cc(C)cc(C)n1)C(N)=O. The summed E-state index contributed by atoms with van der Waals surface area (Å²) in [6.07, 6.45) is 0.690. The fraction of sp³-hybridized carbons (Fsp3) is 0.571. The lowest BCUT2D eigenvalue weighted by atomic mass is 9.98. The van der Waals surface area contributed by atoms with E-state index in [0.29, 0.717) is 6.42 Å². The van der Waals surface area contributed by atoms with E-state index in [1.54, 1.807) is 11.8 Å². The minimum absolute atomic E-state index is 0.302. The Hall–Kier alpha value is -1.07. The van der Waals surface area contributed by atoms with E-state index in [1.807, 2.05) is 20.8 Å². The van der Waals surface area contributed by atoms with E-state index in [4.69, 9.17) is 5.73 Å². The number of primary amides is 1. The van der Waals surface area contributed by atoms with Gasteiger partial charge in [0.1, 0.15) is 0 Å². The summed E-state index contributed by atoms with van der Waals surface area (Å²) in [6, 6.07) is 4.11. The number of thioether (sulfide) groups is 1. The van der Waals surface area contributed by atoms with Crippen LogP contribution in [-0.4, -0.2) is 28.7 Å². The average molecular weight is 281 g/mol. The molecule has 0 aliphatic rings. The van der Waals surface area contributed by atoms with Crippen molar-refractivity contribution in [2.24, 2.45) is 5.73 Å². The summed E-state index contributed by atoms with van der Waals surface area (Å²) < 4.78 is 0. The minimum atomic E-state index is -0.638. The van der Waals surface area contributed by atoms with Crippen LogP contribution in [0.1, 0.15) is 31.5 Å². The van der Waals surface area contributed by atoms with Crippen LogP contribution in [0.2, 0.25) is 0 Å². The number of nitrogens with two attached hydrogens (primary N) is 1. The van der Waals surface area contributed by atoms with Gasteiger partial charge in [-0.15, -0.1) is 11.8 Å². The topological polar surface area (TPSA) is 68.0 Å². The van der Waals surface area contributed by atoms with E-state index in [9.17, 15) is 4.79 Å². The third-order valence-electron chi connectivity index (χ3n) is 3.04. The highest BCUT2D eigenvalue weighted by Crippen LogP contribution is 2.21. The van der Waals surface area contributed by atoms with E-state index in [0.717, 1.165) is 23.0 Å². The summed E-state index contributed by atoms with van der Waals surface area (Å²) in [5, 5.41) is 4.16. The first kappa shape index (κ1) is 16.0. The van der Waals surface area contributed by atoms with Gasteiger partial charge in [0.15, 0.2) is 0 Å². The number of nitrogens with zero attached hydrogens (tertiary/aromatic N) is 1. The molecule has 1 atom stereocenters. The molecule has 1 heterocycles. The van der Waals surface area contributed by atoms with Crippen molar-refractivity contribution in [3.05, 3.63) is 23.4 Å². The second-order valence-electron chi connectivity index (χ2n) is 4.95. The van der Waals surface area contributed by atoms with Gasteiger partial charge in [0.05, 0.1) is 10.6 Å². The first-order valence-electron chi connectivity index (χ1n) is 6.50. The first-order valence-corrected chi connectivity index (χ1v) is 7.49. The maximum Gasteiger partial charge on any atom is 0.237 e. The number of carbonyl (C=O) groups is 1. The van der Waals surface area contributed by atoms with Crippen molar-refractivity contribution in [1.29, 1.82) is 0 Å². The van der Waals surface area contributed by atoms with Gasteiger partial charge in [-0.25, -0.2) is 4.98 Å². The molecule has 0 aliphatic carbocycles. The maximum atomic E-state index is 11.5. The van der Waals surface area contributed by atoms with Crippen LogP contribution in [-0.2, 0) is 4.79 Å². The van der Waals surface area contributed by atoms with Crippen molar-refractivity contribution >= 4 is 17.7 Å². The van der Waals surface area contributed by atoms with Crippen molar-refractivity contribution in [2.75, 3.05) is 12.3 Å². The van der Waals surface area contributed by atoms with Gasteiger partial charge in [0.2, 0.25) is 5.91 Å². The Morgan fingerprint density at radius 2 is 2.16 bits per heavy atom. The molecule has 106 valence electrons. The standard InChI is InChI=1S/C14H23N3OS/c1-5-16-14(4,13(15)18)6-7-19-12-9-10(2)8-11(3)17-12/h8-9,16H,5-7H2,1-4H3,(H2,15,18). The Balaban J connectivity index is 2.59. The lowest BCUT2D eigenvalue weighted by Crippen LogP contribution is -2.53. The molecule has 0 aromatic carbocycles. The van der Waals surface area contributed by atoms with Crippen LogP contribution < -0.4 is 11.1 Å². The van der Waals surface area contributed by atoms with Crippen molar-refractivity contribution < 1.29 is 4.79 Å². The Morgan fingerprint density at radius 3 is 2.68 bits per heavy atom. The lowest BCUT2D eigenvalue weighted by molar-refractivity contribution is -0.123. The molecule has 1 unspecified atom stereocenters. The summed E-state index contributed by atoms with van der Waals surface area (Å²) in [7, 11) is 0. The fourth-order valence-electron chi connectivity index (χ4n) is 1.93. The summed E-state index contributed by atoms with van der Waals surface area (Å²) >= 11 is 1.66. The van der Waals surface area contributed by atoms with Gasteiger partial charge in [-0.05, 0) is 51.4 Å². The number of hydrogen-bond donors (Lipinski definition) is 2. The molecule has 5 heteroatoms.